The molecule has 1 fully saturated rings. The Hall–Kier alpha value is -2.08. The summed E-state index contributed by atoms with van der Waals surface area (Å²) >= 11 is 0. The van der Waals surface area contributed by atoms with E-state index in [1.807, 2.05) is 0 Å². The second-order valence-electron chi connectivity index (χ2n) is 9.38. The summed E-state index contributed by atoms with van der Waals surface area (Å²) in [4.78, 5) is 14.8. The Bertz CT molecular complexity index is 712. The predicted octanol–water partition coefficient (Wildman–Crippen LogP) is 5.67. The van der Waals surface area contributed by atoms with Gasteiger partial charge in [-0.3, -0.25) is 4.84 Å². The summed E-state index contributed by atoms with van der Waals surface area (Å²) in [6.45, 7) is 0.662. The van der Waals surface area contributed by atoms with Crippen molar-refractivity contribution < 1.29 is 4.84 Å². The van der Waals surface area contributed by atoms with Crippen LogP contribution in [0.15, 0.2) is 40.3 Å². The van der Waals surface area contributed by atoms with Crippen LogP contribution in [0.2, 0.25) is 0 Å². The first-order chi connectivity index (χ1) is 15.7. The quantitative estimate of drug-likeness (QED) is 0.364. The van der Waals surface area contributed by atoms with Crippen molar-refractivity contribution in [1.82, 2.24) is 5.06 Å². The van der Waals surface area contributed by atoms with E-state index in [2.05, 4.69) is 40.3 Å². The van der Waals surface area contributed by atoms with Gasteiger partial charge in [-0.15, -0.1) is 0 Å². The summed E-state index contributed by atoms with van der Waals surface area (Å²) in [6, 6.07) is 10.8. The number of nitrogens with two attached hydrogens (primary N) is 2. The fourth-order valence-electron chi connectivity index (χ4n) is 4.92. The molecule has 0 radical (unpaired) electrons. The molecule has 1 aromatic carbocycles. The highest BCUT2D eigenvalue weighted by molar-refractivity contribution is 5.95. The number of benzene rings is 1. The fraction of sp³-hybridized carbons (Fsp3) is 0.692. The van der Waals surface area contributed by atoms with Gasteiger partial charge >= 0.3 is 0 Å². The largest absolute Gasteiger partial charge is 0.368 e. The standard InChI is InChI=1S/C26H43N5O/c27-24-29-25(28)31(26(30-24)20-14-10-15-21-26)32-22-16-8-6-4-2-1-3-5-7-11-17-23-18-12-9-13-19-23/h9,12-13,18-19H,1-8,10-11,14-17,20-22H2,(H4,27,28,29,30). The topological polar surface area (TPSA) is 89.2 Å². The summed E-state index contributed by atoms with van der Waals surface area (Å²) in [5, 5.41) is 1.75. The highest BCUT2D eigenvalue weighted by Crippen LogP contribution is 2.36. The summed E-state index contributed by atoms with van der Waals surface area (Å²) < 4.78 is 0. The number of unbranched alkanes of at least 4 members (excludes halogenated alkanes) is 9. The number of hydrogen-bond donors (Lipinski definition) is 2. The van der Waals surface area contributed by atoms with Crippen LogP contribution in [0.1, 0.15) is 102 Å². The van der Waals surface area contributed by atoms with Crippen LogP contribution in [0.4, 0.5) is 0 Å². The molecule has 6 heteroatoms. The average molecular weight is 442 g/mol. The number of aliphatic imine (C=N–C) groups is 2. The molecular formula is C26H43N5O. The summed E-state index contributed by atoms with van der Waals surface area (Å²) in [5.74, 6) is 0.628. The van der Waals surface area contributed by atoms with E-state index in [-0.39, 0.29) is 5.96 Å². The molecule has 0 unspecified atom stereocenters. The lowest BCUT2D eigenvalue weighted by atomic mass is 9.89. The number of hydroxylamine groups is 2. The summed E-state index contributed by atoms with van der Waals surface area (Å²) in [7, 11) is 0. The Morgan fingerprint density at radius 1 is 0.781 bits per heavy atom. The minimum atomic E-state index is -0.435. The number of rotatable bonds is 14. The van der Waals surface area contributed by atoms with Gasteiger partial charge in [0, 0.05) is 0 Å². The van der Waals surface area contributed by atoms with Crippen LogP contribution in [0, 0.1) is 0 Å². The minimum Gasteiger partial charge on any atom is -0.368 e. The molecule has 0 aromatic heterocycles. The lowest BCUT2D eigenvalue weighted by Crippen LogP contribution is -2.57. The zero-order valence-corrected chi connectivity index (χ0v) is 19.8. The maximum Gasteiger partial charge on any atom is 0.226 e. The SMILES string of the molecule is NC1=NC2(CCCCC2)N(OCCCCCCCCCCCCc2ccccc2)C(N)=N1. The Morgan fingerprint density at radius 3 is 2.03 bits per heavy atom. The van der Waals surface area contributed by atoms with Crippen LogP contribution in [0.25, 0.3) is 0 Å². The van der Waals surface area contributed by atoms with Crippen LogP contribution >= 0.6 is 0 Å². The van der Waals surface area contributed by atoms with E-state index in [4.69, 9.17) is 16.3 Å². The molecule has 0 saturated heterocycles. The third-order valence-electron chi connectivity index (χ3n) is 6.72. The molecule has 3 rings (SSSR count). The van der Waals surface area contributed by atoms with Gasteiger partial charge in [-0.05, 0) is 50.5 Å². The Morgan fingerprint density at radius 2 is 1.38 bits per heavy atom. The maximum absolute atomic E-state index is 6.13. The average Bonchev–Trinajstić information content (AvgIpc) is 2.79. The number of guanidine groups is 2. The van der Waals surface area contributed by atoms with Gasteiger partial charge in [0.15, 0.2) is 5.66 Å². The Labute approximate surface area is 194 Å². The number of hydrogen-bond acceptors (Lipinski definition) is 6. The first-order valence-corrected chi connectivity index (χ1v) is 12.9. The van der Waals surface area contributed by atoms with Gasteiger partial charge in [0.1, 0.15) is 0 Å². The number of nitrogens with zero attached hydrogens (tertiary/aromatic N) is 3. The van der Waals surface area contributed by atoms with Crippen molar-refractivity contribution in [3.8, 4) is 0 Å². The van der Waals surface area contributed by atoms with Crippen molar-refractivity contribution in [2.75, 3.05) is 6.61 Å². The monoisotopic (exact) mass is 441 g/mol. The van der Waals surface area contributed by atoms with E-state index in [9.17, 15) is 0 Å². The fourth-order valence-corrected chi connectivity index (χ4v) is 4.92. The van der Waals surface area contributed by atoms with Crippen molar-refractivity contribution in [2.45, 2.75) is 108 Å². The Kier molecular flexibility index (Phi) is 10.3. The van der Waals surface area contributed by atoms with E-state index >= 15 is 0 Å². The van der Waals surface area contributed by atoms with E-state index < -0.39 is 5.66 Å². The molecular weight excluding hydrogens is 398 g/mol. The van der Waals surface area contributed by atoms with Crippen molar-refractivity contribution in [3.63, 3.8) is 0 Å². The minimum absolute atomic E-state index is 0.278. The Balaban J connectivity index is 1.17. The lowest BCUT2D eigenvalue weighted by Gasteiger charge is -2.44. The molecule has 178 valence electrons. The molecule has 1 aliphatic heterocycles. The second-order valence-corrected chi connectivity index (χ2v) is 9.38. The normalized spacial score (nSPS) is 17.9. The lowest BCUT2D eigenvalue weighted by molar-refractivity contribution is -0.177. The molecule has 2 aliphatic rings. The van der Waals surface area contributed by atoms with Gasteiger partial charge in [-0.2, -0.15) is 10.1 Å². The third-order valence-corrected chi connectivity index (χ3v) is 6.72. The second kappa shape index (κ2) is 13.5. The summed E-state index contributed by atoms with van der Waals surface area (Å²) in [5.41, 5.74) is 13.1. The first-order valence-electron chi connectivity index (χ1n) is 12.9. The third kappa shape index (κ3) is 7.80. The molecule has 0 bridgehead atoms. The smallest absolute Gasteiger partial charge is 0.226 e. The van der Waals surface area contributed by atoms with Gasteiger partial charge < -0.3 is 11.5 Å². The van der Waals surface area contributed by atoms with E-state index in [1.165, 1.54) is 76.2 Å². The molecule has 6 nitrogen and oxygen atoms in total. The van der Waals surface area contributed by atoms with E-state index in [0.29, 0.717) is 12.6 Å². The van der Waals surface area contributed by atoms with Crippen LogP contribution < -0.4 is 11.5 Å². The highest BCUT2D eigenvalue weighted by Gasteiger charge is 2.42. The van der Waals surface area contributed by atoms with Gasteiger partial charge in [0.2, 0.25) is 11.9 Å². The predicted molar refractivity (Wildman–Crippen MR) is 133 cm³/mol. The van der Waals surface area contributed by atoms with Crippen LogP contribution in [-0.4, -0.2) is 29.3 Å². The van der Waals surface area contributed by atoms with Crippen molar-refractivity contribution >= 4 is 11.9 Å². The molecule has 1 saturated carbocycles. The van der Waals surface area contributed by atoms with E-state index in [1.54, 1.807) is 5.06 Å². The zero-order valence-electron chi connectivity index (χ0n) is 19.8. The van der Waals surface area contributed by atoms with Crippen molar-refractivity contribution in [1.29, 1.82) is 0 Å². The van der Waals surface area contributed by atoms with Crippen LogP contribution in [0.3, 0.4) is 0 Å². The van der Waals surface area contributed by atoms with E-state index in [0.717, 1.165) is 32.1 Å². The molecule has 0 amide bonds. The maximum atomic E-state index is 6.13. The zero-order chi connectivity index (χ0) is 22.5. The van der Waals surface area contributed by atoms with Crippen LogP contribution in [0.5, 0.6) is 0 Å². The molecule has 1 spiro atoms. The van der Waals surface area contributed by atoms with Gasteiger partial charge in [-0.1, -0.05) is 88.1 Å². The number of aryl methyl sites for hydroxylation is 1. The first kappa shape index (κ1) is 24.6. The van der Waals surface area contributed by atoms with Crippen LogP contribution in [-0.2, 0) is 11.3 Å². The molecule has 1 heterocycles. The van der Waals surface area contributed by atoms with Crippen molar-refractivity contribution in [2.24, 2.45) is 21.5 Å². The molecule has 4 N–H and O–H groups in total. The molecule has 1 aromatic rings. The molecule has 32 heavy (non-hydrogen) atoms. The van der Waals surface area contributed by atoms with Gasteiger partial charge in [0.25, 0.3) is 0 Å². The van der Waals surface area contributed by atoms with Gasteiger partial charge in [0.05, 0.1) is 6.61 Å². The summed E-state index contributed by atoms with van der Waals surface area (Å²) in [6.07, 6.45) is 19.5. The molecule has 0 atom stereocenters. The van der Waals surface area contributed by atoms with Crippen molar-refractivity contribution in [3.05, 3.63) is 35.9 Å². The van der Waals surface area contributed by atoms with Gasteiger partial charge in [-0.25, -0.2) is 4.99 Å². The highest BCUT2D eigenvalue weighted by atomic mass is 16.7. The molecule has 1 aliphatic carbocycles.